The summed E-state index contributed by atoms with van der Waals surface area (Å²) in [7, 11) is 0. The van der Waals surface area contributed by atoms with Gasteiger partial charge in [-0.15, -0.1) is 0 Å². The number of halogens is 2. The van der Waals surface area contributed by atoms with Crippen molar-refractivity contribution >= 4 is 0 Å². The van der Waals surface area contributed by atoms with Gasteiger partial charge in [0, 0.05) is 36.8 Å². The summed E-state index contributed by atoms with van der Waals surface area (Å²) in [4.78, 5) is 2.40. The number of ether oxygens (including phenoxy) is 1. The third kappa shape index (κ3) is 3.90. The molecule has 19 heavy (non-hydrogen) atoms. The van der Waals surface area contributed by atoms with Crippen LogP contribution >= 0.6 is 0 Å². The Bertz CT molecular complexity index is 414. The second kappa shape index (κ2) is 5.45. The molecule has 0 saturated carbocycles. The van der Waals surface area contributed by atoms with Crippen LogP contribution in [-0.2, 0) is 0 Å². The molecule has 1 aliphatic rings. The maximum absolute atomic E-state index is 13.1. The maximum Gasteiger partial charge on any atom is 0.129 e. The molecule has 4 heteroatoms. The first-order valence-corrected chi connectivity index (χ1v) is 6.72. The Labute approximate surface area is 113 Å². The monoisotopic (exact) mass is 269 g/mol. The lowest BCUT2D eigenvalue weighted by Gasteiger charge is -2.40. The fourth-order valence-corrected chi connectivity index (χ4v) is 2.43. The number of hydrogen-bond acceptors (Lipinski definition) is 2. The summed E-state index contributed by atoms with van der Waals surface area (Å²) in [5, 5.41) is 0. The van der Waals surface area contributed by atoms with Crippen molar-refractivity contribution in [1.82, 2.24) is 4.90 Å². The van der Waals surface area contributed by atoms with Crippen LogP contribution in [0.4, 0.5) is 8.78 Å². The summed E-state index contributed by atoms with van der Waals surface area (Å²) in [6, 6.07) is 3.33. The predicted molar refractivity (Wildman–Crippen MR) is 71.3 cm³/mol. The molecule has 1 aliphatic heterocycles. The number of piperidine rings is 1. The van der Waals surface area contributed by atoms with E-state index in [1.54, 1.807) is 0 Å². The highest BCUT2D eigenvalue weighted by Gasteiger charge is 2.27. The minimum atomic E-state index is -0.595. The molecule has 2 rings (SSSR count). The fourth-order valence-electron chi connectivity index (χ4n) is 2.43. The molecule has 0 bridgehead atoms. The molecule has 0 aromatic heterocycles. The van der Waals surface area contributed by atoms with Crippen LogP contribution in [0, 0.1) is 11.6 Å². The SMILES string of the molecule is CC(C)(C)N1CCC(Oc2cc(F)cc(F)c2)CC1. The Balaban J connectivity index is 1.92. The van der Waals surface area contributed by atoms with Crippen molar-refractivity contribution in [2.75, 3.05) is 13.1 Å². The highest BCUT2D eigenvalue weighted by Crippen LogP contribution is 2.24. The quantitative estimate of drug-likeness (QED) is 0.813. The standard InChI is InChI=1S/C15H21F2NO/c1-15(2,3)18-6-4-13(5-7-18)19-14-9-11(16)8-12(17)10-14/h8-10,13H,4-7H2,1-3H3. The first kappa shape index (κ1) is 14.3. The molecule has 1 heterocycles. The lowest BCUT2D eigenvalue weighted by Crippen LogP contribution is -2.48. The molecule has 0 atom stereocenters. The van der Waals surface area contributed by atoms with Crippen LogP contribution in [0.1, 0.15) is 33.6 Å². The van der Waals surface area contributed by atoms with Crippen molar-refractivity contribution in [1.29, 1.82) is 0 Å². The molecular weight excluding hydrogens is 248 g/mol. The number of benzene rings is 1. The van der Waals surface area contributed by atoms with Crippen LogP contribution < -0.4 is 4.74 Å². The molecule has 0 aliphatic carbocycles. The summed E-state index contributed by atoms with van der Waals surface area (Å²) in [6.07, 6.45) is 1.81. The van der Waals surface area contributed by atoms with E-state index in [0.29, 0.717) is 0 Å². The van der Waals surface area contributed by atoms with Gasteiger partial charge in [-0.3, -0.25) is 4.90 Å². The van der Waals surface area contributed by atoms with Gasteiger partial charge in [0.2, 0.25) is 0 Å². The normalized spacial score (nSPS) is 18.6. The van der Waals surface area contributed by atoms with Crippen molar-refractivity contribution in [3.05, 3.63) is 29.8 Å². The number of hydrogen-bond donors (Lipinski definition) is 0. The van der Waals surface area contributed by atoms with E-state index in [1.807, 2.05) is 0 Å². The van der Waals surface area contributed by atoms with Gasteiger partial charge in [0.05, 0.1) is 0 Å². The van der Waals surface area contributed by atoms with Gasteiger partial charge >= 0.3 is 0 Å². The molecule has 1 aromatic rings. The highest BCUT2D eigenvalue weighted by atomic mass is 19.1. The van der Waals surface area contributed by atoms with Crippen LogP contribution in [0.15, 0.2) is 18.2 Å². The maximum atomic E-state index is 13.1. The van der Waals surface area contributed by atoms with E-state index in [4.69, 9.17) is 4.74 Å². The van der Waals surface area contributed by atoms with Gasteiger partial charge < -0.3 is 4.74 Å². The average Bonchev–Trinajstić information content (AvgIpc) is 2.26. The molecular formula is C15H21F2NO. The van der Waals surface area contributed by atoms with Gasteiger partial charge in [0.1, 0.15) is 23.5 Å². The van der Waals surface area contributed by atoms with Gasteiger partial charge in [-0.2, -0.15) is 0 Å². The molecule has 0 radical (unpaired) electrons. The predicted octanol–water partition coefficient (Wildman–Crippen LogP) is 3.61. The van der Waals surface area contributed by atoms with Crippen molar-refractivity contribution < 1.29 is 13.5 Å². The Morgan fingerprint density at radius 3 is 2.05 bits per heavy atom. The zero-order chi connectivity index (χ0) is 14.0. The van der Waals surface area contributed by atoms with Crippen molar-refractivity contribution in [2.45, 2.75) is 45.3 Å². The van der Waals surface area contributed by atoms with E-state index in [9.17, 15) is 8.78 Å². The lowest BCUT2D eigenvalue weighted by atomic mass is 9.99. The smallest absolute Gasteiger partial charge is 0.129 e. The Morgan fingerprint density at radius 1 is 1.05 bits per heavy atom. The van der Waals surface area contributed by atoms with Crippen LogP contribution in [-0.4, -0.2) is 29.6 Å². The van der Waals surface area contributed by atoms with Crippen LogP contribution in [0.2, 0.25) is 0 Å². The minimum Gasteiger partial charge on any atom is -0.490 e. The van der Waals surface area contributed by atoms with Crippen LogP contribution in [0.25, 0.3) is 0 Å². The molecule has 1 fully saturated rings. The number of rotatable bonds is 2. The fraction of sp³-hybridized carbons (Fsp3) is 0.600. The van der Waals surface area contributed by atoms with Gasteiger partial charge in [0.25, 0.3) is 0 Å². The van der Waals surface area contributed by atoms with Crippen molar-refractivity contribution in [2.24, 2.45) is 0 Å². The van der Waals surface area contributed by atoms with E-state index >= 15 is 0 Å². The topological polar surface area (TPSA) is 12.5 Å². The summed E-state index contributed by atoms with van der Waals surface area (Å²) < 4.78 is 31.8. The van der Waals surface area contributed by atoms with Crippen molar-refractivity contribution in [3.63, 3.8) is 0 Å². The molecule has 0 spiro atoms. The summed E-state index contributed by atoms with van der Waals surface area (Å²) >= 11 is 0. The molecule has 1 aromatic carbocycles. The molecule has 0 unspecified atom stereocenters. The largest absolute Gasteiger partial charge is 0.490 e. The van der Waals surface area contributed by atoms with Crippen LogP contribution in [0.3, 0.4) is 0 Å². The van der Waals surface area contributed by atoms with Crippen LogP contribution in [0.5, 0.6) is 5.75 Å². The molecule has 0 N–H and O–H groups in total. The summed E-state index contributed by atoms with van der Waals surface area (Å²) in [6.45, 7) is 8.47. The van der Waals surface area contributed by atoms with E-state index in [0.717, 1.165) is 32.0 Å². The third-order valence-electron chi connectivity index (χ3n) is 3.53. The second-order valence-corrected chi connectivity index (χ2v) is 6.08. The molecule has 2 nitrogen and oxygen atoms in total. The average molecular weight is 269 g/mol. The lowest BCUT2D eigenvalue weighted by molar-refractivity contribution is 0.0489. The zero-order valence-corrected chi connectivity index (χ0v) is 11.7. The second-order valence-electron chi connectivity index (χ2n) is 6.08. The number of nitrogens with zero attached hydrogens (tertiary/aromatic N) is 1. The third-order valence-corrected chi connectivity index (χ3v) is 3.53. The Hall–Kier alpha value is -1.16. The Kier molecular flexibility index (Phi) is 4.09. The first-order chi connectivity index (χ1) is 8.84. The van der Waals surface area contributed by atoms with Gasteiger partial charge in [-0.25, -0.2) is 8.78 Å². The van der Waals surface area contributed by atoms with E-state index in [-0.39, 0.29) is 17.4 Å². The highest BCUT2D eigenvalue weighted by molar-refractivity contribution is 5.24. The van der Waals surface area contributed by atoms with Gasteiger partial charge in [0.15, 0.2) is 0 Å². The van der Waals surface area contributed by atoms with Gasteiger partial charge in [-0.1, -0.05) is 0 Å². The van der Waals surface area contributed by atoms with Gasteiger partial charge in [-0.05, 0) is 33.6 Å². The first-order valence-electron chi connectivity index (χ1n) is 6.72. The minimum absolute atomic E-state index is 0.0415. The van der Waals surface area contributed by atoms with E-state index < -0.39 is 11.6 Å². The van der Waals surface area contributed by atoms with Crippen molar-refractivity contribution in [3.8, 4) is 5.75 Å². The molecule has 1 saturated heterocycles. The Morgan fingerprint density at radius 2 is 1.58 bits per heavy atom. The number of likely N-dealkylation sites (tertiary alicyclic amines) is 1. The summed E-state index contributed by atoms with van der Waals surface area (Å²) in [5.74, 6) is -0.907. The van der Waals surface area contributed by atoms with E-state index in [2.05, 4.69) is 25.7 Å². The molecule has 0 amide bonds. The van der Waals surface area contributed by atoms with E-state index in [1.165, 1.54) is 12.1 Å². The summed E-state index contributed by atoms with van der Waals surface area (Å²) in [5.41, 5.74) is 0.163. The molecule has 106 valence electrons. The zero-order valence-electron chi connectivity index (χ0n) is 11.7.